The summed E-state index contributed by atoms with van der Waals surface area (Å²) in [5.41, 5.74) is 1.21. The van der Waals surface area contributed by atoms with Crippen LogP contribution in [0.1, 0.15) is 36.8 Å². The van der Waals surface area contributed by atoms with Crippen LogP contribution >= 0.6 is 0 Å². The molecule has 2 atom stereocenters. The van der Waals surface area contributed by atoms with Crippen molar-refractivity contribution in [1.82, 2.24) is 20.2 Å². The van der Waals surface area contributed by atoms with Crippen LogP contribution in [0.4, 0.5) is 13.6 Å². The van der Waals surface area contributed by atoms with E-state index in [9.17, 15) is 18.4 Å². The average molecular weight is 392 g/mol. The lowest BCUT2D eigenvalue weighted by atomic mass is 9.95. The number of imidazole rings is 1. The van der Waals surface area contributed by atoms with Crippen molar-refractivity contribution in [2.45, 2.75) is 32.4 Å². The van der Waals surface area contributed by atoms with Crippen molar-refractivity contribution in [3.8, 4) is 0 Å². The van der Waals surface area contributed by atoms with E-state index < -0.39 is 35.7 Å². The van der Waals surface area contributed by atoms with Gasteiger partial charge in [0.25, 0.3) is 0 Å². The highest BCUT2D eigenvalue weighted by Gasteiger charge is 2.38. The normalized spacial score (nSPS) is 17.2. The number of benzene rings is 1. The van der Waals surface area contributed by atoms with Crippen LogP contribution in [0.25, 0.3) is 0 Å². The van der Waals surface area contributed by atoms with Crippen LogP contribution in [0.3, 0.4) is 0 Å². The number of H-pyrrole nitrogens is 1. The lowest BCUT2D eigenvalue weighted by Crippen LogP contribution is -2.53. The molecule has 0 spiro atoms. The SMILES string of the molecule is COC(=O)[C@H](NC(=O)N1CCc2[nH]cnc2[C@@H]1c1cccc(F)c1F)C(C)C. The predicted octanol–water partition coefficient (Wildman–Crippen LogP) is 2.54. The van der Waals surface area contributed by atoms with Crippen molar-refractivity contribution in [3.05, 3.63) is 53.1 Å². The van der Waals surface area contributed by atoms with Crippen molar-refractivity contribution < 1.29 is 23.1 Å². The number of nitrogens with zero attached hydrogens (tertiary/aromatic N) is 2. The van der Waals surface area contributed by atoms with E-state index in [1.54, 1.807) is 13.8 Å². The molecule has 0 bridgehead atoms. The van der Waals surface area contributed by atoms with Gasteiger partial charge >= 0.3 is 12.0 Å². The molecule has 28 heavy (non-hydrogen) atoms. The Bertz CT molecular complexity index is 884. The fraction of sp³-hybridized carbons (Fsp3) is 0.421. The number of aromatic amines is 1. The highest BCUT2D eigenvalue weighted by Crippen LogP contribution is 2.35. The number of nitrogens with one attached hydrogen (secondary N) is 2. The Hall–Kier alpha value is -2.97. The Balaban J connectivity index is 1.98. The number of rotatable bonds is 4. The third kappa shape index (κ3) is 3.56. The van der Waals surface area contributed by atoms with E-state index in [-0.39, 0.29) is 18.0 Å². The van der Waals surface area contributed by atoms with Crippen molar-refractivity contribution in [2.75, 3.05) is 13.7 Å². The third-order valence-corrected chi connectivity index (χ3v) is 4.86. The fourth-order valence-corrected chi connectivity index (χ4v) is 3.38. The molecule has 1 aromatic heterocycles. The molecular formula is C19H22F2N4O3. The molecule has 0 aliphatic carbocycles. The summed E-state index contributed by atoms with van der Waals surface area (Å²) < 4.78 is 33.2. The summed E-state index contributed by atoms with van der Waals surface area (Å²) in [4.78, 5) is 33.6. The summed E-state index contributed by atoms with van der Waals surface area (Å²) >= 11 is 0. The molecule has 1 aliphatic rings. The van der Waals surface area contributed by atoms with Crippen LogP contribution in [0.15, 0.2) is 24.5 Å². The van der Waals surface area contributed by atoms with E-state index in [0.29, 0.717) is 12.1 Å². The highest BCUT2D eigenvalue weighted by atomic mass is 19.2. The second-order valence-corrected chi connectivity index (χ2v) is 6.95. The van der Waals surface area contributed by atoms with Gasteiger partial charge in [-0.1, -0.05) is 26.0 Å². The number of methoxy groups -OCH3 is 1. The first-order valence-electron chi connectivity index (χ1n) is 8.96. The molecule has 2 heterocycles. The molecule has 7 nitrogen and oxygen atoms in total. The minimum Gasteiger partial charge on any atom is -0.467 e. The first-order valence-corrected chi connectivity index (χ1v) is 8.96. The van der Waals surface area contributed by atoms with Gasteiger partial charge in [0, 0.05) is 24.2 Å². The minimum absolute atomic E-state index is 0.00219. The summed E-state index contributed by atoms with van der Waals surface area (Å²) in [6, 6.07) is 1.46. The molecule has 0 saturated carbocycles. The number of esters is 1. The summed E-state index contributed by atoms with van der Waals surface area (Å²) in [6.45, 7) is 3.79. The smallest absolute Gasteiger partial charge is 0.328 e. The fourth-order valence-electron chi connectivity index (χ4n) is 3.38. The Kier molecular flexibility index (Phi) is 5.62. The van der Waals surface area contributed by atoms with Gasteiger partial charge in [0.1, 0.15) is 12.1 Å². The summed E-state index contributed by atoms with van der Waals surface area (Å²) in [7, 11) is 1.24. The first-order chi connectivity index (χ1) is 13.3. The van der Waals surface area contributed by atoms with E-state index in [0.717, 1.165) is 11.8 Å². The monoisotopic (exact) mass is 392 g/mol. The van der Waals surface area contributed by atoms with Gasteiger partial charge in [-0.15, -0.1) is 0 Å². The maximum Gasteiger partial charge on any atom is 0.328 e. The second-order valence-electron chi connectivity index (χ2n) is 6.95. The van der Waals surface area contributed by atoms with Gasteiger partial charge in [-0.2, -0.15) is 0 Å². The number of fused-ring (bicyclic) bond motifs is 1. The Morgan fingerprint density at radius 2 is 2.11 bits per heavy atom. The van der Waals surface area contributed by atoms with Gasteiger partial charge in [0.05, 0.1) is 19.1 Å². The van der Waals surface area contributed by atoms with Gasteiger partial charge in [0.15, 0.2) is 11.6 Å². The molecule has 150 valence electrons. The Morgan fingerprint density at radius 3 is 2.79 bits per heavy atom. The summed E-state index contributed by atoms with van der Waals surface area (Å²) in [5, 5.41) is 2.65. The lowest BCUT2D eigenvalue weighted by molar-refractivity contribution is -0.144. The van der Waals surface area contributed by atoms with Crippen LogP contribution in [-0.4, -0.2) is 46.6 Å². The minimum atomic E-state index is -1.03. The highest BCUT2D eigenvalue weighted by molar-refractivity contribution is 5.84. The molecule has 2 aromatic rings. The largest absolute Gasteiger partial charge is 0.467 e. The maximum atomic E-state index is 14.6. The average Bonchev–Trinajstić information content (AvgIpc) is 3.15. The zero-order chi connectivity index (χ0) is 20.4. The summed E-state index contributed by atoms with van der Waals surface area (Å²) in [6.07, 6.45) is 1.93. The quantitative estimate of drug-likeness (QED) is 0.783. The molecule has 1 aliphatic heterocycles. The number of halogens is 2. The van der Waals surface area contributed by atoms with E-state index in [4.69, 9.17) is 4.74 Å². The maximum absolute atomic E-state index is 14.6. The van der Waals surface area contributed by atoms with Gasteiger partial charge in [-0.25, -0.2) is 23.4 Å². The molecule has 9 heteroatoms. The molecule has 0 unspecified atom stereocenters. The van der Waals surface area contributed by atoms with Crippen molar-refractivity contribution in [1.29, 1.82) is 0 Å². The van der Waals surface area contributed by atoms with Crippen LogP contribution in [0, 0.1) is 17.6 Å². The molecule has 2 N–H and O–H groups in total. The molecule has 2 amide bonds. The second kappa shape index (κ2) is 7.95. The zero-order valence-corrected chi connectivity index (χ0v) is 15.8. The predicted molar refractivity (Wildman–Crippen MR) is 96.4 cm³/mol. The van der Waals surface area contributed by atoms with E-state index >= 15 is 0 Å². The molecule has 3 rings (SSSR count). The number of hydrogen-bond acceptors (Lipinski definition) is 4. The van der Waals surface area contributed by atoms with Crippen LogP contribution in [0.5, 0.6) is 0 Å². The topological polar surface area (TPSA) is 87.3 Å². The lowest BCUT2D eigenvalue weighted by Gasteiger charge is -2.36. The molecule has 1 aromatic carbocycles. The van der Waals surface area contributed by atoms with Crippen molar-refractivity contribution >= 4 is 12.0 Å². The Labute approximate surface area is 161 Å². The van der Waals surface area contributed by atoms with Gasteiger partial charge in [0.2, 0.25) is 0 Å². The van der Waals surface area contributed by atoms with E-state index in [1.807, 2.05) is 0 Å². The molecule has 0 fully saturated rings. The number of aromatic nitrogens is 2. The molecular weight excluding hydrogens is 370 g/mol. The first kappa shape index (κ1) is 19.8. The van der Waals surface area contributed by atoms with E-state index in [2.05, 4.69) is 15.3 Å². The third-order valence-electron chi connectivity index (χ3n) is 4.86. The Morgan fingerprint density at radius 1 is 1.36 bits per heavy atom. The van der Waals surface area contributed by atoms with E-state index in [1.165, 1.54) is 30.5 Å². The number of hydrogen-bond donors (Lipinski definition) is 2. The number of ether oxygens (including phenoxy) is 1. The van der Waals surface area contributed by atoms with Gasteiger partial charge in [-0.3, -0.25) is 0 Å². The van der Waals surface area contributed by atoms with Crippen LogP contribution in [0.2, 0.25) is 0 Å². The molecule has 0 saturated heterocycles. The van der Waals surface area contributed by atoms with Crippen molar-refractivity contribution in [2.24, 2.45) is 5.92 Å². The number of urea groups is 1. The molecule has 0 radical (unpaired) electrons. The standard InChI is InChI=1S/C19H22F2N4O3/c1-10(2)15(18(26)28-3)24-19(27)25-8-7-13-16(23-9-22-13)17(25)11-5-4-6-12(20)14(11)21/h4-6,9-10,15,17H,7-8H2,1-3H3,(H,22,23)(H,24,27)/t15-,17+/m1/s1. The number of carbonyl (C=O) groups is 2. The van der Waals surface area contributed by atoms with Crippen LogP contribution in [-0.2, 0) is 16.0 Å². The summed E-state index contributed by atoms with van der Waals surface area (Å²) in [5.74, 6) is -2.83. The number of carbonyl (C=O) groups excluding carboxylic acids is 2. The zero-order valence-electron chi connectivity index (χ0n) is 15.8. The van der Waals surface area contributed by atoms with Crippen LogP contribution < -0.4 is 5.32 Å². The number of amides is 2. The van der Waals surface area contributed by atoms with Gasteiger partial charge in [-0.05, 0) is 12.0 Å². The van der Waals surface area contributed by atoms with Crippen molar-refractivity contribution in [3.63, 3.8) is 0 Å². The van der Waals surface area contributed by atoms with Gasteiger partial charge < -0.3 is 19.9 Å².